The van der Waals surface area contributed by atoms with Gasteiger partial charge in [0.25, 0.3) is 5.69 Å². The number of nitriles is 1. The SMILES string of the molecule is Cn1cc(CN2CCCN(c3ccc([N+](=O)[O-])c(C#N)c3)CC2)cn1. The molecular formula is C17H20N6O2. The van der Waals surface area contributed by atoms with Gasteiger partial charge in [-0.2, -0.15) is 10.4 Å². The van der Waals surface area contributed by atoms with Crippen molar-refractivity contribution in [3.63, 3.8) is 0 Å². The Balaban J connectivity index is 1.68. The fourth-order valence-electron chi connectivity index (χ4n) is 3.17. The number of hydrogen-bond acceptors (Lipinski definition) is 6. The van der Waals surface area contributed by atoms with E-state index < -0.39 is 4.92 Å². The second kappa shape index (κ2) is 7.32. The Morgan fingerprint density at radius 2 is 2.16 bits per heavy atom. The highest BCUT2D eigenvalue weighted by atomic mass is 16.6. The minimum Gasteiger partial charge on any atom is -0.370 e. The second-order valence-corrected chi connectivity index (χ2v) is 6.21. The molecule has 1 aliphatic rings. The van der Waals surface area contributed by atoms with Gasteiger partial charge < -0.3 is 4.90 Å². The minimum atomic E-state index is -0.514. The third kappa shape index (κ3) is 3.95. The standard InChI is InChI=1S/C17H20N6O2/c1-20-12-14(11-19-20)13-21-5-2-6-22(8-7-21)16-3-4-17(23(24)25)15(9-16)10-18/h3-4,9,11-12H,2,5-8,13H2,1H3. The summed E-state index contributed by atoms with van der Waals surface area (Å²) in [7, 11) is 1.91. The highest BCUT2D eigenvalue weighted by Gasteiger charge is 2.19. The van der Waals surface area contributed by atoms with Gasteiger partial charge in [0.05, 0.1) is 11.1 Å². The van der Waals surface area contributed by atoms with Gasteiger partial charge in [-0.15, -0.1) is 0 Å². The lowest BCUT2D eigenvalue weighted by Crippen LogP contribution is -2.30. The van der Waals surface area contributed by atoms with Gasteiger partial charge in [-0.25, -0.2) is 0 Å². The van der Waals surface area contributed by atoms with E-state index in [1.807, 2.05) is 25.5 Å². The number of rotatable bonds is 4. The summed E-state index contributed by atoms with van der Waals surface area (Å²) >= 11 is 0. The Kier molecular flexibility index (Phi) is 4.95. The van der Waals surface area contributed by atoms with Crippen molar-refractivity contribution >= 4 is 11.4 Å². The van der Waals surface area contributed by atoms with E-state index in [1.165, 1.54) is 11.6 Å². The van der Waals surface area contributed by atoms with Gasteiger partial charge in [-0.3, -0.25) is 19.7 Å². The molecule has 1 saturated heterocycles. The molecule has 1 aromatic heterocycles. The van der Waals surface area contributed by atoms with E-state index in [-0.39, 0.29) is 11.3 Å². The molecule has 8 nitrogen and oxygen atoms in total. The molecule has 0 radical (unpaired) electrons. The summed E-state index contributed by atoms with van der Waals surface area (Å²) in [5.74, 6) is 0. The zero-order valence-electron chi connectivity index (χ0n) is 14.1. The summed E-state index contributed by atoms with van der Waals surface area (Å²) in [6.07, 6.45) is 4.91. The van der Waals surface area contributed by atoms with Gasteiger partial charge in [0.15, 0.2) is 0 Å². The summed E-state index contributed by atoms with van der Waals surface area (Å²) in [5.41, 5.74) is 2.03. The lowest BCUT2D eigenvalue weighted by atomic mass is 10.1. The van der Waals surface area contributed by atoms with Crippen LogP contribution in [0.3, 0.4) is 0 Å². The molecule has 130 valence electrons. The van der Waals surface area contributed by atoms with E-state index in [4.69, 9.17) is 5.26 Å². The predicted octanol–water partition coefficient (Wildman–Crippen LogP) is 1.91. The molecule has 0 spiro atoms. The highest BCUT2D eigenvalue weighted by molar-refractivity contribution is 5.60. The number of aromatic nitrogens is 2. The van der Waals surface area contributed by atoms with Crippen molar-refractivity contribution in [2.45, 2.75) is 13.0 Å². The number of nitrogens with zero attached hydrogens (tertiary/aromatic N) is 6. The molecule has 0 atom stereocenters. The predicted molar refractivity (Wildman–Crippen MR) is 93.1 cm³/mol. The van der Waals surface area contributed by atoms with Crippen molar-refractivity contribution in [2.75, 3.05) is 31.1 Å². The van der Waals surface area contributed by atoms with Crippen LogP contribution in [0.4, 0.5) is 11.4 Å². The van der Waals surface area contributed by atoms with Crippen molar-refractivity contribution < 1.29 is 4.92 Å². The second-order valence-electron chi connectivity index (χ2n) is 6.21. The Morgan fingerprint density at radius 3 is 2.84 bits per heavy atom. The van der Waals surface area contributed by atoms with Crippen LogP contribution in [0.2, 0.25) is 0 Å². The fraction of sp³-hybridized carbons (Fsp3) is 0.412. The lowest BCUT2D eigenvalue weighted by Gasteiger charge is -2.23. The van der Waals surface area contributed by atoms with Crippen molar-refractivity contribution in [2.24, 2.45) is 7.05 Å². The number of hydrogen-bond donors (Lipinski definition) is 0. The molecular weight excluding hydrogens is 320 g/mol. The van der Waals surface area contributed by atoms with Gasteiger partial charge in [0.2, 0.25) is 0 Å². The third-order valence-electron chi connectivity index (χ3n) is 4.42. The van der Waals surface area contributed by atoms with Crippen LogP contribution in [0.1, 0.15) is 17.5 Å². The Morgan fingerprint density at radius 1 is 1.32 bits per heavy atom. The minimum absolute atomic E-state index is 0.110. The normalized spacial score (nSPS) is 15.6. The molecule has 0 bridgehead atoms. The molecule has 1 aliphatic heterocycles. The Bertz CT molecular complexity index is 810. The van der Waals surface area contributed by atoms with Crippen molar-refractivity contribution in [3.8, 4) is 6.07 Å². The third-order valence-corrected chi connectivity index (χ3v) is 4.42. The van der Waals surface area contributed by atoms with Crippen LogP contribution in [0.15, 0.2) is 30.6 Å². The smallest absolute Gasteiger partial charge is 0.287 e. The first-order valence-corrected chi connectivity index (χ1v) is 8.20. The number of anilines is 1. The van der Waals surface area contributed by atoms with Gasteiger partial charge >= 0.3 is 0 Å². The monoisotopic (exact) mass is 340 g/mol. The van der Waals surface area contributed by atoms with Crippen molar-refractivity contribution in [3.05, 3.63) is 51.8 Å². The van der Waals surface area contributed by atoms with Gasteiger partial charge in [0.1, 0.15) is 11.6 Å². The van der Waals surface area contributed by atoms with Gasteiger partial charge in [-0.1, -0.05) is 0 Å². The molecule has 1 fully saturated rings. The van der Waals surface area contributed by atoms with E-state index in [2.05, 4.69) is 14.9 Å². The lowest BCUT2D eigenvalue weighted by molar-refractivity contribution is -0.385. The molecule has 1 aromatic carbocycles. The van der Waals surface area contributed by atoms with Crippen LogP contribution in [0.5, 0.6) is 0 Å². The molecule has 8 heteroatoms. The van der Waals surface area contributed by atoms with E-state index >= 15 is 0 Å². The van der Waals surface area contributed by atoms with Crippen molar-refractivity contribution in [1.82, 2.24) is 14.7 Å². The summed E-state index contributed by atoms with van der Waals surface area (Å²) in [5, 5.41) is 24.3. The summed E-state index contributed by atoms with van der Waals surface area (Å²) in [6.45, 7) is 4.44. The largest absolute Gasteiger partial charge is 0.370 e. The van der Waals surface area contributed by atoms with Gasteiger partial charge in [0, 0.05) is 63.3 Å². The molecule has 2 aromatic rings. The maximum absolute atomic E-state index is 11.0. The zero-order chi connectivity index (χ0) is 17.8. The Labute approximate surface area is 146 Å². The first-order valence-electron chi connectivity index (χ1n) is 8.20. The fourth-order valence-corrected chi connectivity index (χ4v) is 3.17. The first-order chi connectivity index (χ1) is 12.1. The quantitative estimate of drug-likeness (QED) is 0.624. The Hall–Kier alpha value is -2.92. The van der Waals surface area contributed by atoms with Crippen LogP contribution < -0.4 is 4.90 Å². The molecule has 2 heterocycles. The average Bonchev–Trinajstić information content (AvgIpc) is 2.87. The summed E-state index contributed by atoms with van der Waals surface area (Å²) in [4.78, 5) is 15.0. The van der Waals surface area contributed by atoms with E-state index in [9.17, 15) is 10.1 Å². The van der Waals surface area contributed by atoms with Crippen LogP contribution in [0.25, 0.3) is 0 Å². The molecule has 3 rings (SSSR count). The van der Waals surface area contributed by atoms with Crippen LogP contribution in [0, 0.1) is 21.4 Å². The van der Waals surface area contributed by atoms with Gasteiger partial charge in [-0.05, 0) is 18.6 Å². The molecule has 0 amide bonds. The van der Waals surface area contributed by atoms with Crippen LogP contribution >= 0.6 is 0 Å². The van der Waals surface area contributed by atoms with E-state index in [1.54, 1.807) is 16.8 Å². The first kappa shape index (κ1) is 16.9. The highest BCUT2D eigenvalue weighted by Crippen LogP contribution is 2.25. The number of nitro benzene ring substituents is 1. The van der Waals surface area contributed by atoms with Crippen LogP contribution in [-0.2, 0) is 13.6 Å². The molecule has 25 heavy (non-hydrogen) atoms. The molecule has 0 N–H and O–H groups in total. The molecule has 0 saturated carbocycles. The topological polar surface area (TPSA) is 91.2 Å². The van der Waals surface area contributed by atoms with E-state index in [0.717, 1.165) is 44.8 Å². The maximum atomic E-state index is 11.0. The summed E-state index contributed by atoms with van der Waals surface area (Å²) < 4.78 is 1.81. The number of benzene rings is 1. The number of aryl methyl sites for hydroxylation is 1. The van der Waals surface area contributed by atoms with Crippen molar-refractivity contribution in [1.29, 1.82) is 5.26 Å². The maximum Gasteiger partial charge on any atom is 0.287 e. The average molecular weight is 340 g/mol. The zero-order valence-corrected chi connectivity index (χ0v) is 14.1. The summed E-state index contributed by atoms with van der Waals surface area (Å²) in [6, 6.07) is 6.70. The number of nitro groups is 1. The van der Waals surface area contributed by atoms with Crippen LogP contribution in [-0.4, -0.2) is 45.8 Å². The molecule has 0 unspecified atom stereocenters. The molecule has 0 aliphatic carbocycles. The van der Waals surface area contributed by atoms with E-state index in [0.29, 0.717) is 0 Å².